The molecule has 0 saturated heterocycles. The van der Waals surface area contributed by atoms with Gasteiger partial charge in [-0.2, -0.15) is 0 Å². The smallest absolute Gasteiger partial charge is 0.228 e. The number of rotatable bonds is 18. The van der Waals surface area contributed by atoms with Crippen molar-refractivity contribution in [2.45, 2.75) is 86.0 Å². The standard InChI is InChI=1S/C22H22FN3OS.2C19H18FN3OS.C16H12FN3OS/c23-17-10-8-16(9-11-17)18-14-24-22(21(25-18)19-7-4-12-28-19)26-20(27)13-15-5-2-1-3-6-15;1-12(2)10-17(24)23-19-18(16-4-3-9-25-16)22-15(11-21-19)13-5-7-14(20)8-6-13;1-3-12(2)19(24)23-18-17(16-5-4-10-25-16)22-15(11-21-18)13-6-8-14(20)9-7-13;1-10(21)19-16-15(14-3-2-8-22-14)20-13(9-18-16)11-4-6-12(17)7-5-11/h4,7-12,14-15H,1-3,5-6,13H2,(H,24,26,27);3-9,11-12H,10H2,1-2H3,(H,21,23,24);4-12H,3H2,1-2H3,(H,21,23,24);2-9H,1H3,(H,18,19,21). The van der Waals surface area contributed by atoms with Crippen LogP contribution in [-0.2, 0) is 19.2 Å². The largest absolute Gasteiger partial charge is 0.309 e. The van der Waals surface area contributed by atoms with Crippen LogP contribution in [0.4, 0.5) is 40.8 Å². The van der Waals surface area contributed by atoms with Crippen molar-refractivity contribution in [3.63, 3.8) is 0 Å². The van der Waals surface area contributed by atoms with Crippen molar-refractivity contribution in [3.05, 3.63) is 215 Å². The lowest BCUT2D eigenvalue weighted by Gasteiger charge is -2.21. The molecule has 8 aromatic heterocycles. The van der Waals surface area contributed by atoms with Crippen molar-refractivity contribution in [2.75, 3.05) is 21.3 Å². The molecule has 0 spiro atoms. The van der Waals surface area contributed by atoms with Crippen LogP contribution in [-0.4, -0.2) is 63.5 Å². The highest BCUT2D eigenvalue weighted by molar-refractivity contribution is 7.14. The van der Waals surface area contributed by atoms with E-state index in [2.05, 4.69) is 56.2 Å². The summed E-state index contributed by atoms with van der Waals surface area (Å²) in [5.41, 5.74) is 8.11. The van der Waals surface area contributed by atoms with Gasteiger partial charge in [-0.05, 0) is 174 Å². The Hall–Kier alpha value is -10.4. The second-order valence-electron chi connectivity index (χ2n) is 23.6. The molecule has 0 aliphatic heterocycles. The monoisotopic (exact) mass is 1420 g/mol. The van der Waals surface area contributed by atoms with Crippen LogP contribution in [0.5, 0.6) is 0 Å². The number of thiophene rings is 4. The summed E-state index contributed by atoms with van der Waals surface area (Å²) in [6, 6.07) is 39.9. The molecule has 1 fully saturated rings. The van der Waals surface area contributed by atoms with Gasteiger partial charge in [0.2, 0.25) is 23.6 Å². The fourth-order valence-corrected chi connectivity index (χ4v) is 13.1. The summed E-state index contributed by atoms with van der Waals surface area (Å²) in [5, 5.41) is 19.2. The summed E-state index contributed by atoms with van der Waals surface area (Å²) in [4.78, 5) is 88.1. The molecule has 16 nitrogen and oxygen atoms in total. The Kier molecular flexibility index (Phi) is 25.6. The zero-order valence-corrected chi connectivity index (χ0v) is 58.5. The molecule has 1 saturated carbocycles. The first kappa shape index (κ1) is 72.3. The van der Waals surface area contributed by atoms with Crippen LogP contribution in [0.1, 0.15) is 86.0 Å². The van der Waals surface area contributed by atoms with E-state index < -0.39 is 0 Å². The molecule has 8 heterocycles. The van der Waals surface area contributed by atoms with Crippen molar-refractivity contribution < 1.29 is 36.7 Å². The minimum absolute atomic E-state index is 0.00598. The van der Waals surface area contributed by atoms with Crippen LogP contribution in [0.15, 0.2) is 192 Å². The summed E-state index contributed by atoms with van der Waals surface area (Å²) in [5.74, 6) is 0.840. The van der Waals surface area contributed by atoms with Crippen LogP contribution in [0, 0.1) is 41.0 Å². The molecule has 13 rings (SSSR count). The van der Waals surface area contributed by atoms with Gasteiger partial charge in [-0.25, -0.2) is 57.4 Å². The quantitative estimate of drug-likeness (QED) is 0.0590. The molecule has 1 aliphatic rings. The van der Waals surface area contributed by atoms with Crippen LogP contribution >= 0.6 is 45.3 Å². The average molecular weight is 1420 g/mol. The molecular formula is C76H70F4N12O4S4. The van der Waals surface area contributed by atoms with Gasteiger partial charge >= 0.3 is 0 Å². The van der Waals surface area contributed by atoms with Gasteiger partial charge in [-0.1, -0.05) is 71.2 Å². The van der Waals surface area contributed by atoms with E-state index in [1.54, 1.807) is 84.7 Å². The third kappa shape index (κ3) is 20.4. The predicted molar refractivity (Wildman–Crippen MR) is 393 cm³/mol. The van der Waals surface area contributed by atoms with E-state index in [0.29, 0.717) is 87.6 Å². The molecule has 12 aromatic rings. The molecule has 100 heavy (non-hydrogen) atoms. The van der Waals surface area contributed by atoms with Gasteiger partial charge in [-0.15, -0.1) is 45.3 Å². The Balaban J connectivity index is 0.000000144. The van der Waals surface area contributed by atoms with Crippen molar-refractivity contribution in [3.8, 4) is 87.3 Å². The average Bonchev–Trinajstić information content (AvgIpc) is 1.26. The SMILES string of the molecule is CC(=O)Nc1ncc(-c2ccc(F)cc2)nc1-c1cccs1.CC(C)CC(=O)Nc1ncc(-c2ccc(F)cc2)nc1-c1cccs1.CCC(C)C(=O)Nc1ncc(-c2ccc(F)cc2)nc1-c1cccs1.O=C(CC1CCCCC1)Nc1ncc(-c2ccc(F)cc2)nc1-c1cccs1. The summed E-state index contributed by atoms with van der Waals surface area (Å²) >= 11 is 6.10. The van der Waals surface area contributed by atoms with Crippen LogP contribution < -0.4 is 21.3 Å². The number of benzene rings is 4. The van der Waals surface area contributed by atoms with Crippen molar-refractivity contribution in [1.82, 2.24) is 39.9 Å². The van der Waals surface area contributed by atoms with Crippen LogP contribution in [0.3, 0.4) is 0 Å². The molecule has 24 heteroatoms. The summed E-state index contributed by atoms with van der Waals surface area (Å²) in [7, 11) is 0. The maximum absolute atomic E-state index is 13.2. The third-order valence-electron chi connectivity index (χ3n) is 15.6. The number of halogens is 4. The van der Waals surface area contributed by atoms with Crippen molar-refractivity contribution >= 4 is 92.2 Å². The van der Waals surface area contributed by atoms with Gasteiger partial charge in [0.25, 0.3) is 0 Å². The van der Waals surface area contributed by atoms with Gasteiger partial charge in [0.05, 0.1) is 67.1 Å². The molecule has 1 aliphatic carbocycles. The van der Waals surface area contributed by atoms with E-state index in [0.717, 1.165) is 61.0 Å². The van der Waals surface area contributed by atoms with E-state index in [4.69, 9.17) is 4.98 Å². The van der Waals surface area contributed by atoms with Gasteiger partial charge in [-0.3, -0.25) is 19.2 Å². The molecule has 1 unspecified atom stereocenters. The van der Waals surface area contributed by atoms with Gasteiger partial charge in [0.15, 0.2) is 23.3 Å². The summed E-state index contributed by atoms with van der Waals surface area (Å²) < 4.78 is 52.5. The number of aromatic nitrogens is 8. The summed E-state index contributed by atoms with van der Waals surface area (Å²) in [6.07, 6.45) is 14.0. The second kappa shape index (κ2) is 35.4. The maximum atomic E-state index is 13.2. The second-order valence-corrected chi connectivity index (χ2v) is 27.4. The molecule has 0 radical (unpaired) electrons. The molecule has 1 atom stereocenters. The first-order chi connectivity index (χ1) is 48.4. The topological polar surface area (TPSA) is 220 Å². The number of anilines is 4. The lowest BCUT2D eigenvalue weighted by Crippen LogP contribution is -2.21. The van der Waals surface area contributed by atoms with E-state index in [1.807, 2.05) is 97.7 Å². The first-order valence-corrected chi connectivity index (χ1v) is 35.8. The Morgan fingerprint density at radius 2 is 0.740 bits per heavy atom. The third-order valence-corrected chi connectivity index (χ3v) is 19.1. The minimum atomic E-state index is -0.301. The fourth-order valence-electron chi connectivity index (χ4n) is 10.3. The van der Waals surface area contributed by atoms with Crippen molar-refractivity contribution in [1.29, 1.82) is 0 Å². The number of nitrogens with one attached hydrogen (secondary N) is 4. The van der Waals surface area contributed by atoms with E-state index in [1.165, 1.54) is 109 Å². The fraction of sp³-hybridized carbons (Fsp3) is 0.211. The maximum Gasteiger partial charge on any atom is 0.228 e. The number of carbonyl (C=O) groups excluding carboxylic acids is 4. The Morgan fingerprint density at radius 3 is 1.03 bits per heavy atom. The van der Waals surface area contributed by atoms with E-state index >= 15 is 0 Å². The summed E-state index contributed by atoms with van der Waals surface area (Å²) in [6.45, 7) is 9.24. The van der Waals surface area contributed by atoms with E-state index in [-0.39, 0.29) is 58.7 Å². The normalized spacial score (nSPS) is 12.1. The lowest BCUT2D eigenvalue weighted by molar-refractivity contribution is -0.119. The Labute approximate surface area is 592 Å². The lowest BCUT2D eigenvalue weighted by atomic mass is 9.87. The van der Waals surface area contributed by atoms with E-state index in [9.17, 15) is 36.7 Å². The highest BCUT2D eigenvalue weighted by atomic mass is 32.1. The molecular weight excluding hydrogens is 1350 g/mol. The minimum Gasteiger partial charge on any atom is -0.309 e. The van der Waals surface area contributed by atoms with Gasteiger partial charge in [0.1, 0.15) is 46.0 Å². The molecule has 4 amide bonds. The Morgan fingerprint density at radius 1 is 0.430 bits per heavy atom. The number of nitrogens with zero attached hydrogens (tertiary/aromatic N) is 8. The number of hydrogen-bond donors (Lipinski definition) is 4. The molecule has 510 valence electrons. The van der Waals surface area contributed by atoms with Crippen LogP contribution in [0.2, 0.25) is 0 Å². The Bertz CT molecular complexity index is 4640. The molecule has 4 aromatic carbocycles. The van der Waals surface area contributed by atoms with Gasteiger partial charge in [0, 0.05) is 47.9 Å². The zero-order valence-electron chi connectivity index (χ0n) is 55.2. The molecule has 4 N–H and O–H groups in total. The highest BCUT2D eigenvalue weighted by Gasteiger charge is 2.23. The number of amides is 4. The van der Waals surface area contributed by atoms with Crippen LogP contribution in [0.25, 0.3) is 87.3 Å². The number of hydrogen-bond acceptors (Lipinski definition) is 16. The molecule has 0 bridgehead atoms. The number of carbonyl (C=O) groups is 4. The first-order valence-electron chi connectivity index (χ1n) is 32.3. The van der Waals surface area contributed by atoms with Gasteiger partial charge < -0.3 is 21.3 Å². The predicted octanol–water partition coefficient (Wildman–Crippen LogP) is 19.9. The zero-order chi connectivity index (χ0) is 70.5. The van der Waals surface area contributed by atoms with Crippen molar-refractivity contribution in [2.24, 2.45) is 17.8 Å². The highest BCUT2D eigenvalue weighted by Crippen LogP contribution is 2.36.